The molecule has 190 valence electrons. The lowest BCUT2D eigenvalue weighted by atomic mass is 10.1. The minimum atomic E-state index is -4.20. The third kappa shape index (κ3) is 5.34. The minimum Gasteiger partial charge on any atom is -0.508 e. The lowest BCUT2D eigenvalue weighted by molar-refractivity contribution is -0.122. The highest BCUT2D eigenvalue weighted by molar-refractivity contribution is 9.10. The number of amides is 4. The van der Waals surface area contributed by atoms with Crippen molar-refractivity contribution in [2.75, 3.05) is 12.0 Å². The molecule has 0 saturated carbocycles. The summed E-state index contributed by atoms with van der Waals surface area (Å²) in [6.45, 7) is 1.82. The number of benzene rings is 3. The van der Waals surface area contributed by atoms with Crippen molar-refractivity contribution in [1.82, 2.24) is 5.32 Å². The first kappa shape index (κ1) is 25.9. The highest BCUT2D eigenvalue weighted by Gasteiger charge is 2.37. The van der Waals surface area contributed by atoms with Crippen LogP contribution in [0.3, 0.4) is 0 Å². The quantitative estimate of drug-likeness (QED) is 0.252. The number of nitrogens with one attached hydrogen (secondary N) is 1. The third-order valence-electron chi connectivity index (χ3n) is 5.28. The van der Waals surface area contributed by atoms with Gasteiger partial charge in [0.2, 0.25) is 0 Å². The van der Waals surface area contributed by atoms with E-state index in [0.29, 0.717) is 0 Å². The molecule has 3 aromatic carbocycles. The number of imide groups is 2. The van der Waals surface area contributed by atoms with E-state index in [4.69, 9.17) is 8.92 Å². The summed E-state index contributed by atoms with van der Waals surface area (Å²) in [7, 11) is -2.90. The van der Waals surface area contributed by atoms with Gasteiger partial charge in [-0.1, -0.05) is 17.7 Å². The lowest BCUT2D eigenvalue weighted by Crippen LogP contribution is -2.54. The van der Waals surface area contributed by atoms with E-state index in [0.717, 1.165) is 10.5 Å². The normalized spacial score (nSPS) is 15.1. The Labute approximate surface area is 220 Å². The molecule has 1 heterocycles. The van der Waals surface area contributed by atoms with Gasteiger partial charge in [-0.3, -0.25) is 14.9 Å². The van der Waals surface area contributed by atoms with E-state index in [1.165, 1.54) is 61.7 Å². The number of hydrogen-bond acceptors (Lipinski definition) is 8. The number of nitrogens with zero attached hydrogens (tertiary/aromatic N) is 1. The summed E-state index contributed by atoms with van der Waals surface area (Å²) in [4.78, 5) is 38.6. The van der Waals surface area contributed by atoms with E-state index in [9.17, 15) is 27.9 Å². The second-order valence-electron chi connectivity index (χ2n) is 7.86. The number of urea groups is 1. The molecule has 0 aromatic heterocycles. The van der Waals surface area contributed by atoms with Gasteiger partial charge in [0, 0.05) is 0 Å². The number of halogens is 1. The summed E-state index contributed by atoms with van der Waals surface area (Å²) in [5, 5.41) is 11.6. The first-order valence-electron chi connectivity index (χ1n) is 10.6. The van der Waals surface area contributed by atoms with Crippen LogP contribution in [0.1, 0.15) is 11.1 Å². The topological polar surface area (TPSA) is 139 Å². The predicted octanol–water partition coefficient (Wildman–Crippen LogP) is 3.91. The van der Waals surface area contributed by atoms with Crippen molar-refractivity contribution in [3.8, 4) is 17.2 Å². The Morgan fingerprint density at radius 2 is 1.65 bits per heavy atom. The average molecular weight is 587 g/mol. The molecule has 10 nitrogen and oxygen atoms in total. The van der Waals surface area contributed by atoms with Crippen molar-refractivity contribution in [2.45, 2.75) is 11.8 Å². The molecular weight excluding hydrogens is 568 g/mol. The summed E-state index contributed by atoms with van der Waals surface area (Å²) in [6, 6.07) is 13.2. The summed E-state index contributed by atoms with van der Waals surface area (Å²) >= 11 is 3.26. The number of barbiturate groups is 1. The fraction of sp³-hybridized carbons (Fsp3) is 0.0800. The fourth-order valence-corrected chi connectivity index (χ4v) is 5.03. The zero-order valence-corrected chi connectivity index (χ0v) is 21.8. The first-order chi connectivity index (χ1) is 17.5. The van der Waals surface area contributed by atoms with Crippen LogP contribution in [-0.2, 0) is 19.7 Å². The first-order valence-corrected chi connectivity index (χ1v) is 12.8. The van der Waals surface area contributed by atoms with Gasteiger partial charge in [0.25, 0.3) is 11.8 Å². The summed E-state index contributed by atoms with van der Waals surface area (Å²) < 4.78 is 36.4. The number of phenolic OH excluding ortho intramolecular Hbond substituents is 1. The van der Waals surface area contributed by atoms with Crippen molar-refractivity contribution in [2.24, 2.45) is 0 Å². The number of ether oxygens (including phenoxy) is 1. The minimum absolute atomic E-state index is 0.00652. The number of methoxy groups -OCH3 is 1. The smallest absolute Gasteiger partial charge is 0.339 e. The van der Waals surface area contributed by atoms with E-state index >= 15 is 0 Å². The SMILES string of the molecule is COc1cc(/C=C2\C(=O)NC(=O)N(c3ccc(O)cc3)C2=O)cc(Br)c1OS(=O)(=O)c1ccc(C)cc1. The Balaban J connectivity index is 1.69. The second kappa shape index (κ2) is 10.1. The van der Waals surface area contributed by atoms with Crippen LogP contribution in [0.2, 0.25) is 0 Å². The van der Waals surface area contributed by atoms with Crippen molar-refractivity contribution in [3.63, 3.8) is 0 Å². The Bertz CT molecular complexity index is 1550. The average Bonchev–Trinajstić information content (AvgIpc) is 2.84. The molecule has 1 fully saturated rings. The van der Waals surface area contributed by atoms with E-state index in [-0.39, 0.29) is 43.4 Å². The molecule has 12 heteroatoms. The monoisotopic (exact) mass is 586 g/mol. The van der Waals surface area contributed by atoms with Gasteiger partial charge in [0.15, 0.2) is 11.5 Å². The lowest BCUT2D eigenvalue weighted by Gasteiger charge is -2.26. The van der Waals surface area contributed by atoms with Crippen LogP contribution in [0.5, 0.6) is 17.2 Å². The molecule has 4 amide bonds. The van der Waals surface area contributed by atoms with Gasteiger partial charge in [-0.25, -0.2) is 9.69 Å². The van der Waals surface area contributed by atoms with E-state index in [2.05, 4.69) is 21.2 Å². The van der Waals surface area contributed by atoms with Gasteiger partial charge in [-0.2, -0.15) is 8.42 Å². The fourth-order valence-electron chi connectivity index (χ4n) is 3.43. The van der Waals surface area contributed by atoms with Crippen LogP contribution in [0.25, 0.3) is 6.08 Å². The van der Waals surface area contributed by atoms with E-state index in [1.54, 1.807) is 12.1 Å². The summed E-state index contributed by atoms with van der Waals surface area (Å²) in [5.41, 5.74) is 0.939. The molecule has 0 radical (unpaired) electrons. The van der Waals surface area contributed by atoms with Crippen LogP contribution in [0, 0.1) is 6.92 Å². The van der Waals surface area contributed by atoms with Crippen LogP contribution in [-0.4, -0.2) is 38.5 Å². The van der Waals surface area contributed by atoms with Crippen molar-refractivity contribution < 1.29 is 36.8 Å². The number of carbonyl (C=O) groups is 3. The summed E-state index contributed by atoms with van der Waals surface area (Å²) in [5.74, 6) is -2.00. The molecule has 1 aliphatic heterocycles. The maximum atomic E-state index is 13.1. The molecule has 37 heavy (non-hydrogen) atoms. The van der Waals surface area contributed by atoms with Crippen LogP contribution >= 0.6 is 15.9 Å². The van der Waals surface area contributed by atoms with Gasteiger partial charge in [-0.15, -0.1) is 0 Å². The highest BCUT2D eigenvalue weighted by Crippen LogP contribution is 2.39. The number of aryl methyl sites for hydroxylation is 1. The Morgan fingerprint density at radius 3 is 2.27 bits per heavy atom. The molecular formula is C25H19BrN2O8S. The van der Waals surface area contributed by atoms with Gasteiger partial charge in [-0.05, 0) is 83.0 Å². The largest absolute Gasteiger partial charge is 0.508 e. The molecule has 0 unspecified atom stereocenters. The maximum Gasteiger partial charge on any atom is 0.339 e. The van der Waals surface area contributed by atoms with E-state index < -0.39 is 28.0 Å². The zero-order chi connectivity index (χ0) is 26.9. The molecule has 2 N–H and O–H groups in total. The molecule has 0 atom stereocenters. The Hall–Kier alpha value is -4.16. The van der Waals surface area contributed by atoms with Crippen LogP contribution < -0.4 is 19.1 Å². The number of aromatic hydroxyl groups is 1. The molecule has 1 aliphatic rings. The van der Waals surface area contributed by atoms with Crippen molar-refractivity contribution in [1.29, 1.82) is 0 Å². The van der Waals surface area contributed by atoms with Crippen LogP contribution in [0.4, 0.5) is 10.5 Å². The number of carbonyl (C=O) groups excluding carboxylic acids is 3. The number of hydrogen-bond donors (Lipinski definition) is 2. The molecule has 3 aromatic rings. The number of phenols is 1. The molecule has 0 bridgehead atoms. The zero-order valence-electron chi connectivity index (χ0n) is 19.4. The van der Waals surface area contributed by atoms with Gasteiger partial charge >= 0.3 is 16.1 Å². The Kier molecular flexibility index (Phi) is 7.05. The van der Waals surface area contributed by atoms with Crippen molar-refractivity contribution >= 4 is 55.7 Å². The molecule has 4 rings (SSSR count). The number of anilines is 1. The predicted molar refractivity (Wildman–Crippen MR) is 137 cm³/mol. The van der Waals surface area contributed by atoms with Crippen molar-refractivity contribution in [3.05, 3.63) is 81.8 Å². The summed E-state index contributed by atoms with van der Waals surface area (Å²) in [6.07, 6.45) is 1.23. The van der Waals surface area contributed by atoms with Gasteiger partial charge < -0.3 is 14.0 Å². The Morgan fingerprint density at radius 1 is 1.00 bits per heavy atom. The number of rotatable bonds is 6. The van der Waals surface area contributed by atoms with Crippen LogP contribution in [0.15, 0.2) is 75.6 Å². The molecule has 1 saturated heterocycles. The van der Waals surface area contributed by atoms with E-state index in [1.807, 2.05) is 6.92 Å². The second-order valence-corrected chi connectivity index (χ2v) is 10.3. The van der Waals surface area contributed by atoms with Gasteiger partial charge in [0.05, 0.1) is 17.3 Å². The standard InChI is InChI=1S/C25H19BrN2O8S/c1-14-3-9-18(10-4-14)37(33,34)36-22-20(26)12-15(13-21(22)35-2)11-19-23(30)27-25(32)28(24(19)31)16-5-7-17(29)8-6-16/h3-13,29H,1-2H3,(H,27,30,32)/b19-11+. The molecule has 0 spiro atoms. The highest BCUT2D eigenvalue weighted by atomic mass is 79.9. The third-order valence-corrected chi connectivity index (χ3v) is 7.10. The van der Waals surface area contributed by atoms with Gasteiger partial charge in [0.1, 0.15) is 16.2 Å². The molecule has 0 aliphatic carbocycles. The maximum absolute atomic E-state index is 13.1.